The Bertz CT molecular complexity index is 86.5. The lowest BCUT2D eigenvalue weighted by atomic mass is 10.1. The van der Waals surface area contributed by atoms with E-state index in [-0.39, 0.29) is 0 Å². The van der Waals surface area contributed by atoms with Gasteiger partial charge in [0.1, 0.15) is 0 Å². The van der Waals surface area contributed by atoms with Crippen molar-refractivity contribution in [1.82, 2.24) is 0 Å². The van der Waals surface area contributed by atoms with Gasteiger partial charge in [0.2, 0.25) is 0 Å². The molecule has 8 heavy (non-hydrogen) atoms. The molecule has 0 aliphatic heterocycles. The van der Waals surface area contributed by atoms with Crippen LogP contribution in [0.3, 0.4) is 0 Å². The van der Waals surface area contributed by atoms with Crippen molar-refractivity contribution in [2.45, 2.75) is 25.9 Å². The van der Waals surface area contributed by atoms with Crippen molar-refractivity contribution >= 4 is 15.9 Å². The van der Waals surface area contributed by atoms with Crippen molar-refractivity contribution in [1.29, 1.82) is 0 Å². The molecule has 48 valence electrons. The summed E-state index contributed by atoms with van der Waals surface area (Å²) in [6.45, 7) is 3.71. The Balaban J connectivity index is 3.71. The molecule has 1 nitrogen and oxygen atoms in total. The summed E-state index contributed by atoms with van der Waals surface area (Å²) in [5, 5.41) is 9.21. The Morgan fingerprint density at radius 3 is 2.38 bits per heavy atom. The molecule has 0 unspecified atom stereocenters. The normalized spacial score (nSPS) is 19.0. The van der Waals surface area contributed by atoms with Crippen molar-refractivity contribution in [2.75, 3.05) is 0 Å². The first-order valence-electron chi connectivity index (χ1n) is 2.62. The van der Waals surface area contributed by atoms with Gasteiger partial charge in [0.25, 0.3) is 0 Å². The fourth-order valence-electron chi connectivity index (χ4n) is 0.254. The highest BCUT2D eigenvalue weighted by Gasteiger charge is 2.10. The summed E-state index contributed by atoms with van der Waals surface area (Å²) < 4.78 is 0. The summed E-state index contributed by atoms with van der Waals surface area (Å²) in [4.78, 5) is 1.68. The maximum atomic E-state index is 9.21. The third-order valence-electron chi connectivity index (χ3n) is 1.14. The molecule has 0 heterocycles. The van der Waals surface area contributed by atoms with Crippen LogP contribution in [-0.4, -0.2) is 10.7 Å². The Kier molecular flexibility index (Phi) is 3.33. The van der Waals surface area contributed by atoms with Crippen LogP contribution in [0.5, 0.6) is 0 Å². The quantitative estimate of drug-likeness (QED) is 0.687. The largest absolute Gasteiger partial charge is 0.386 e. The summed E-state index contributed by atoms with van der Waals surface area (Å²) >= 11 is 3.09. The minimum Gasteiger partial charge on any atom is -0.386 e. The van der Waals surface area contributed by atoms with Crippen LogP contribution in [0.2, 0.25) is 0 Å². The van der Waals surface area contributed by atoms with Gasteiger partial charge in [-0.05, 0) is 24.4 Å². The highest BCUT2D eigenvalue weighted by molar-refractivity contribution is 9.11. The Morgan fingerprint density at radius 2 is 2.25 bits per heavy atom. The number of hydrogen-bond acceptors (Lipinski definition) is 1. The van der Waals surface area contributed by atoms with Crippen molar-refractivity contribution < 1.29 is 5.11 Å². The van der Waals surface area contributed by atoms with Gasteiger partial charge < -0.3 is 5.11 Å². The van der Waals surface area contributed by atoms with Crippen LogP contribution >= 0.6 is 15.9 Å². The van der Waals surface area contributed by atoms with E-state index in [0.29, 0.717) is 0 Å². The summed E-state index contributed by atoms with van der Waals surface area (Å²) in [6.07, 6.45) is 2.46. The van der Waals surface area contributed by atoms with E-state index in [9.17, 15) is 5.11 Å². The van der Waals surface area contributed by atoms with E-state index in [1.807, 2.05) is 6.92 Å². The summed E-state index contributed by atoms with van der Waals surface area (Å²) in [6, 6.07) is 0. The maximum Gasteiger partial charge on any atom is 0.0805 e. The number of aliphatic hydroxyl groups is 1. The van der Waals surface area contributed by atoms with Gasteiger partial charge in [-0.15, -0.1) is 0 Å². The van der Waals surface area contributed by atoms with Gasteiger partial charge in [-0.25, -0.2) is 0 Å². The van der Waals surface area contributed by atoms with E-state index >= 15 is 0 Å². The molecule has 0 bridgehead atoms. The van der Waals surface area contributed by atoms with Gasteiger partial charge in [0, 0.05) is 0 Å². The van der Waals surface area contributed by atoms with Crippen molar-refractivity contribution in [3.8, 4) is 0 Å². The van der Waals surface area contributed by atoms with Crippen LogP contribution in [0.1, 0.15) is 20.3 Å². The van der Waals surface area contributed by atoms with Gasteiger partial charge in [-0.3, -0.25) is 0 Å². The molecule has 0 aliphatic carbocycles. The topological polar surface area (TPSA) is 20.2 Å². The third kappa shape index (κ3) is 3.22. The second kappa shape index (κ2) is 3.25. The fraction of sp³-hybridized carbons (Fsp3) is 0.667. The first-order valence-corrected chi connectivity index (χ1v) is 3.54. The molecule has 0 rings (SSSR count). The number of rotatable bonds is 2. The SMILES string of the molecule is CC[C@@](C)(O)/C=C/Br. The molecule has 0 aromatic heterocycles. The molecule has 0 spiro atoms. The van der Waals surface area contributed by atoms with E-state index in [0.717, 1.165) is 6.42 Å². The molecule has 0 aliphatic rings. The van der Waals surface area contributed by atoms with Crippen molar-refractivity contribution in [2.24, 2.45) is 0 Å². The Labute approximate surface area is 58.5 Å². The predicted molar refractivity (Wildman–Crippen MR) is 39.0 cm³/mol. The second-order valence-electron chi connectivity index (χ2n) is 2.00. The summed E-state index contributed by atoms with van der Waals surface area (Å²) in [5.74, 6) is 0. The van der Waals surface area contributed by atoms with E-state index in [2.05, 4.69) is 15.9 Å². The van der Waals surface area contributed by atoms with Crippen LogP contribution < -0.4 is 0 Å². The lowest BCUT2D eigenvalue weighted by Crippen LogP contribution is -2.17. The van der Waals surface area contributed by atoms with Crippen LogP contribution in [0.25, 0.3) is 0 Å². The third-order valence-corrected chi connectivity index (χ3v) is 1.40. The molecule has 0 fully saturated rings. The standard InChI is InChI=1S/C6H11BrO/c1-3-6(2,8)4-5-7/h4-5,8H,3H2,1-2H3/b5-4+/t6-/m1/s1. The van der Waals surface area contributed by atoms with Crippen LogP contribution in [0, 0.1) is 0 Å². The first-order chi connectivity index (χ1) is 3.62. The lowest BCUT2D eigenvalue weighted by Gasteiger charge is -2.14. The van der Waals surface area contributed by atoms with E-state index in [1.165, 1.54) is 0 Å². The van der Waals surface area contributed by atoms with Crippen molar-refractivity contribution in [3.05, 3.63) is 11.1 Å². The van der Waals surface area contributed by atoms with Crippen LogP contribution in [0.15, 0.2) is 11.1 Å². The molecule has 0 aromatic rings. The zero-order valence-electron chi connectivity index (χ0n) is 5.19. The minimum atomic E-state index is -0.635. The second-order valence-corrected chi connectivity index (χ2v) is 2.53. The molecule has 1 atom stereocenters. The predicted octanol–water partition coefficient (Wildman–Crippen LogP) is 2.06. The molecule has 2 heteroatoms. The van der Waals surface area contributed by atoms with E-state index in [1.54, 1.807) is 18.0 Å². The van der Waals surface area contributed by atoms with Gasteiger partial charge in [-0.1, -0.05) is 22.9 Å². The average Bonchev–Trinajstić information content (AvgIpc) is 1.67. The van der Waals surface area contributed by atoms with Gasteiger partial charge in [0.05, 0.1) is 5.60 Å². The van der Waals surface area contributed by atoms with E-state index < -0.39 is 5.60 Å². The molecular weight excluding hydrogens is 168 g/mol. The van der Waals surface area contributed by atoms with Crippen LogP contribution in [0.4, 0.5) is 0 Å². The molecule has 0 radical (unpaired) electrons. The Morgan fingerprint density at radius 1 is 1.75 bits per heavy atom. The Hall–Kier alpha value is 0.180. The minimum absolute atomic E-state index is 0.635. The average molecular weight is 179 g/mol. The zero-order chi connectivity index (χ0) is 6.62. The van der Waals surface area contributed by atoms with Gasteiger partial charge >= 0.3 is 0 Å². The zero-order valence-corrected chi connectivity index (χ0v) is 6.77. The number of halogens is 1. The fourth-order valence-corrected chi connectivity index (χ4v) is 0.823. The smallest absolute Gasteiger partial charge is 0.0805 e. The maximum absolute atomic E-state index is 9.21. The molecule has 1 N–H and O–H groups in total. The first kappa shape index (κ1) is 8.18. The summed E-state index contributed by atoms with van der Waals surface area (Å²) in [5.41, 5.74) is -0.635. The van der Waals surface area contributed by atoms with Gasteiger partial charge in [0.15, 0.2) is 0 Å². The summed E-state index contributed by atoms with van der Waals surface area (Å²) in [7, 11) is 0. The van der Waals surface area contributed by atoms with E-state index in [4.69, 9.17) is 0 Å². The molecular formula is C6H11BrO. The molecule has 0 saturated heterocycles. The van der Waals surface area contributed by atoms with Gasteiger partial charge in [-0.2, -0.15) is 0 Å². The number of hydrogen-bond donors (Lipinski definition) is 1. The monoisotopic (exact) mass is 178 g/mol. The van der Waals surface area contributed by atoms with Crippen molar-refractivity contribution in [3.63, 3.8) is 0 Å². The molecule has 0 saturated carbocycles. The highest BCUT2D eigenvalue weighted by Crippen LogP contribution is 2.10. The lowest BCUT2D eigenvalue weighted by molar-refractivity contribution is 0.108. The highest BCUT2D eigenvalue weighted by atomic mass is 79.9. The van der Waals surface area contributed by atoms with Crippen LogP contribution in [-0.2, 0) is 0 Å². The molecule has 0 aromatic carbocycles. The molecule has 0 amide bonds.